The average molecular weight is 259 g/mol. The normalized spacial score (nSPS) is 11.1. The highest BCUT2D eigenvalue weighted by atomic mass is 16.4. The molecule has 0 saturated carbocycles. The van der Waals surface area contributed by atoms with Crippen molar-refractivity contribution in [1.29, 1.82) is 0 Å². The predicted molar refractivity (Wildman–Crippen MR) is 77.7 cm³/mol. The van der Waals surface area contributed by atoms with Crippen molar-refractivity contribution in [1.82, 2.24) is 4.57 Å². The van der Waals surface area contributed by atoms with Crippen molar-refractivity contribution in [2.75, 3.05) is 0 Å². The molecule has 3 heteroatoms. The number of carboxylic acid groups (broad SMARTS) is 1. The summed E-state index contributed by atoms with van der Waals surface area (Å²) in [6.07, 6.45) is 4.35. The predicted octanol–water partition coefficient (Wildman–Crippen LogP) is 3.69. The van der Waals surface area contributed by atoms with Crippen molar-refractivity contribution in [2.45, 2.75) is 46.6 Å². The molecule has 2 aromatic rings. The number of rotatable bonds is 5. The van der Waals surface area contributed by atoms with E-state index in [2.05, 4.69) is 37.5 Å². The molecule has 3 nitrogen and oxygen atoms in total. The molecular weight excluding hydrogens is 238 g/mol. The van der Waals surface area contributed by atoms with Gasteiger partial charge in [-0.1, -0.05) is 13.3 Å². The quantitative estimate of drug-likeness (QED) is 0.890. The van der Waals surface area contributed by atoms with E-state index in [4.69, 9.17) is 5.11 Å². The van der Waals surface area contributed by atoms with Gasteiger partial charge >= 0.3 is 5.97 Å². The Morgan fingerprint density at radius 1 is 1.26 bits per heavy atom. The summed E-state index contributed by atoms with van der Waals surface area (Å²) in [7, 11) is 0. The van der Waals surface area contributed by atoms with Gasteiger partial charge in [0.15, 0.2) is 0 Å². The van der Waals surface area contributed by atoms with E-state index >= 15 is 0 Å². The molecule has 0 bridgehead atoms. The molecule has 0 amide bonds. The smallest absolute Gasteiger partial charge is 0.307 e. The zero-order chi connectivity index (χ0) is 14.0. The number of carboxylic acids is 1. The standard InChI is InChI=1S/C16H21NO2/c1-4-5-6-17-10-13(9-16(18)19)14-7-11(2)12(3)8-15(14)17/h7-8,10H,4-6,9H2,1-3H3,(H,18,19). The van der Waals surface area contributed by atoms with Crippen LogP contribution in [0.4, 0.5) is 0 Å². The molecule has 0 unspecified atom stereocenters. The third-order valence-corrected chi connectivity index (χ3v) is 3.67. The van der Waals surface area contributed by atoms with E-state index in [9.17, 15) is 4.79 Å². The van der Waals surface area contributed by atoms with Gasteiger partial charge in [-0.15, -0.1) is 0 Å². The third kappa shape index (κ3) is 2.80. The molecule has 0 aliphatic carbocycles. The highest BCUT2D eigenvalue weighted by molar-refractivity contribution is 5.88. The van der Waals surface area contributed by atoms with E-state index in [1.807, 2.05) is 6.20 Å². The van der Waals surface area contributed by atoms with Crippen molar-refractivity contribution in [3.63, 3.8) is 0 Å². The van der Waals surface area contributed by atoms with Crippen molar-refractivity contribution in [2.24, 2.45) is 0 Å². The minimum atomic E-state index is -0.771. The molecule has 19 heavy (non-hydrogen) atoms. The molecule has 0 radical (unpaired) electrons. The Balaban J connectivity index is 2.55. The Bertz CT molecular complexity index is 611. The fourth-order valence-corrected chi connectivity index (χ4v) is 2.44. The Labute approximate surface area is 113 Å². The Morgan fingerprint density at radius 2 is 1.95 bits per heavy atom. The maximum Gasteiger partial charge on any atom is 0.307 e. The van der Waals surface area contributed by atoms with Crippen LogP contribution in [0.3, 0.4) is 0 Å². The average Bonchev–Trinajstić information content (AvgIpc) is 2.65. The van der Waals surface area contributed by atoms with Crippen LogP contribution in [0.25, 0.3) is 10.9 Å². The number of hydrogen-bond acceptors (Lipinski definition) is 1. The molecule has 1 aromatic carbocycles. The molecule has 0 spiro atoms. The molecule has 0 aliphatic rings. The van der Waals surface area contributed by atoms with Crippen LogP contribution in [0.1, 0.15) is 36.5 Å². The van der Waals surface area contributed by atoms with Gasteiger partial charge in [0.1, 0.15) is 0 Å². The van der Waals surface area contributed by atoms with E-state index in [0.29, 0.717) is 0 Å². The fraction of sp³-hybridized carbons (Fsp3) is 0.438. The van der Waals surface area contributed by atoms with Crippen molar-refractivity contribution in [3.05, 3.63) is 35.0 Å². The van der Waals surface area contributed by atoms with Gasteiger partial charge in [0.2, 0.25) is 0 Å². The molecule has 1 aromatic heterocycles. The van der Waals surface area contributed by atoms with E-state index in [1.165, 1.54) is 11.1 Å². The summed E-state index contributed by atoms with van der Waals surface area (Å²) >= 11 is 0. The molecule has 0 aliphatic heterocycles. The SMILES string of the molecule is CCCCn1cc(CC(=O)O)c2cc(C)c(C)cc21. The second-order valence-electron chi connectivity index (χ2n) is 5.23. The first-order chi connectivity index (χ1) is 9.02. The number of fused-ring (bicyclic) bond motifs is 1. The minimum Gasteiger partial charge on any atom is -0.481 e. The van der Waals surface area contributed by atoms with Gasteiger partial charge in [-0.3, -0.25) is 4.79 Å². The van der Waals surface area contributed by atoms with E-state index in [1.54, 1.807) is 0 Å². The zero-order valence-corrected chi connectivity index (χ0v) is 11.9. The molecular formula is C16H21NO2. The summed E-state index contributed by atoms with van der Waals surface area (Å²) in [5.74, 6) is -0.771. The lowest BCUT2D eigenvalue weighted by Gasteiger charge is -2.06. The number of carbonyl (C=O) groups is 1. The number of unbranched alkanes of at least 4 members (excludes halogenated alkanes) is 1. The number of aromatic nitrogens is 1. The van der Waals surface area contributed by atoms with Gasteiger partial charge in [-0.25, -0.2) is 0 Å². The lowest BCUT2D eigenvalue weighted by molar-refractivity contribution is -0.136. The van der Waals surface area contributed by atoms with Crippen LogP contribution in [0, 0.1) is 13.8 Å². The molecule has 1 heterocycles. The van der Waals surface area contributed by atoms with Crippen LogP contribution in [0.5, 0.6) is 0 Å². The number of nitrogens with zero attached hydrogens (tertiary/aromatic N) is 1. The van der Waals surface area contributed by atoms with Crippen LogP contribution in [0.2, 0.25) is 0 Å². The molecule has 1 N–H and O–H groups in total. The lowest BCUT2D eigenvalue weighted by atomic mass is 10.0. The van der Waals surface area contributed by atoms with Crippen LogP contribution >= 0.6 is 0 Å². The highest BCUT2D eigenvalue weighted by Gasteiger charge is 2.12. The van der Waals surface area contributed by atoms with Gasteiger partial charge < -0.3 is 9.67 Å². The number of hydrogen-bond donors (Lipinski definition) is 1. The summed E-state index contributed by atoms with van der Waals surface area (Å²) in [5.41, 5.74) is 4.55. The lowest BCUT2D eigenvalue weighted by Crippen LogP contribution is -1.99. The monoisotopic (exact) mass is 259 g/mol. The van der Waals surface area contributed by atoms with Crippen LogP contribution in [-0.4, -0.2) is 15.6 Å². The molecule has 0 saturated heterocycles. The third-order valence-electron chi connectivity index (χ3n) is 3.67. The summed E-state index contributed by atoms with van der Waals surface area (Å²) < 4.78 is 2.20. The first kappa shape index (κ1) is 13.7. The molecule has 0 atom stereocenters. The van der Waals surface area contributed by atoms with E-state index in [-0.39, 0.29) is 6.42 Å². The topological polar surface area (TPSA) is 42.2 Å². The summed E-state index contributed by atoms with van der Waals surface area (Å²) in [4.78, 5) is 11.0. The van der Waals surface area contributed by atoms with E-state index in [0.717, 1.165) is 35.9 Å². The second-order valence-corrected chi connectivity index (χ2v) is 5.23. The molecule has 102 valence electrons. The summed E-state index contributed by atoms with van der Waals surface area (Å²) in [6, 6.07) is 4.29. The van der Waals surface area contributed by atoms with Crippen molar-refractivity contribution >= 4 is 16.9 Å². The fourth-order valence-electron chi connectivity index (χ4n) is 2.44. The molecule has 2 rings (SSSR count). The van der Waals surface area contributed by atoms with Gasteiger partial charge in [-0.05, 0) is 49.1 Å². The first-order valence-electron chi connectivity index (χ1n) is 6.83. The zero-order valence-electron chi connectivity index (χ0n) is 11.9. The maximum atomic E-state index is 11.0. The van der Waals surface area contributed by atoms with Gasteiger partial charge in [0, 0.05) is 23.6 Å². The van der Waals surface area contributed by atoms with Crippen molar-refractivity contribution in [3.8, 4) is 0 Å². The Hall–Kier alpha value is -1.77. The Morgan fingerprint density at radius 3 is 2.58 bits per heavy atom. The van der Waals surface area contributed by atoms with Gasteiger partial charge in [0.25, 0.3) is 0 Å². The number of aryl methyl sites for hydroxylation is 3. The maximum absolute atomic E-state index is 11.0. The first-order valence-corrected chi connectivity index (χ1v) is 6.83. The van der Waals surface area contributed by atoms with Crippen LogP contribution in [0.15, 0.2) is 18.3 Å². The van der Waals surface area contributed by atoms with Gasteiger partial charge in [-0.2, -0.15) is 0 Å². The van der Waals surface area contributed by atoms with Gasteiger partial charge in [0.05, 0.1) is 6.42 Å². The largest absolute Gasteiger partial charge is 0.481 e. The van der Waals surface area contributed by atoms with E-state index < -0.39 is 5.97 Å². The van der Waals surface area contributed by atoms with Crippen molar-refractivity contribution < 1.29 is 9.90 Å². The summed E-state index contributed by atoms with van der Waals surface area (Å²) in [6.45, 7) is 7.29. The number of aliphatic carboxylic acids is 1. The Kier molecular flexibility index (Phi) is 3.93. The van der Waals surface area contributed by atoms with Crippen LogP contribution < -0.4 is 0 Å². The highest BCUT2D eigenvalue weighted by Crippen LogP contribution is 2.26. The number of benzene rings is 1. The second kappa shape index (κ2) is 5.47. The molecule has 0 fully saturated rings. The summed E-state index contributed by atoms with van der Waals surface area (Å²) in [5, 5.41) is 10.1. The van der Waals surface area contributed by atoms with Crippen LogP contribution in [-0.2, 0) is 17.8 Å². The minimum absolute atomic E-state index is 0.0954.